The van der Waals surface area contributed by atoms with E-state index in [0.717, 1.165) is 16.9 Å². The molecule has 10 heteroatoms. The number of ether oxygens (including phenoxy) is 1. The van der Waals surface area contributed by atoms with Crippen molar-refractivity contribution in [1.82, 2.24) is 15.5 Å². The number of halogens is 1. The average Bonchev–Trinajstić information content (AvgIpc) is 3.20. The number of aromatic nitrogens is 2. The lowest BCUT2D eigenvalue weighted by molar-refractivity contribution is -0.0227. The standard InChI is InChI=1S/C15H17FN4O4S/c16-9-3-1-8(2-4-9)6-17-14(23)18-15-20-19-13(25-15)11-5-10(22)12(7-21)24-11/h1-4,10-12,21-22H,5-7H2,(H2,17,18,20,23)/t10-,11-,12+/m0/s1. The number of carbonyl (C=O) groups excluding carboxylic acids is 1. The Balaban J connectivity index is 1.51. The minimum atomic E-state index is -0.755. The molecule has 2 aromatic rings. The second kappa shape index (κ2) is 7.83. The molecular weight excluding hydrogens is 351 g/mol. The first-order chi connectivity index (χ1) is 12.0. The molecule has 4 N–H and O–H groups in total. The molecule has 1 saturated heterocycles. The Kier molecular flexibility index (Phi) is 5.53. The lowest BCUT2D eigenvalue weighted by Gasteiger charge is -2.09. The van der Waals surface area contributed by atoms with Crippen molar-refractivity contribution in [3.8, 4) is 0 Å². The molecule has 3 atom stereocenters. The van der Waals surface area contributed by atoms with Gasteiger partial charge in [-0.3, -0.25) is 5.32 Å². The van der Waals surface area contributed by atoms with E-state index in [1.165, 1.54) is 12.1 Å². The summed E-state index contributed by atoms with van der Waals surface area (Å²) in [5, 5.41) is 32.6. The minimum Gasteiger partial charge on any atom is -0.394 e. The molecule has 3 rings (SSSR count). The van der Waals surface area contributed by atoms with Crippen LogP contribution >= 0.6 is 11.3 Å². The Bertz CT molecular complexity index is 727. The number of rotatable bonds is 5. The van der Waals surface area contributed by atoms with Gasteiger partial charge in [0.05, 0.1) is 12.7 Å². The first kappa shape index (κ1) is 17.7. The van der Waals surface area contributed by atoms with Crippen molar-refractivity contribution in [3.05, 3.63) is 40.7 Å². The summed E-state index contributed by atoms with van der Waals surface area (Å²) in [6.45, 7) is -0.0265. The monoisotopic (exact) mass is 368 g/mol. The van der Waals surface area contributed by atoms with Crippen molar-refractivity contribution in [2.75, 3.05) is 11.9 Å². The van der Waals surface area contributed by atoms with Gasteiger partial charge in [-0.15, -0.1) is 10.2 Å². The first-order valence-corrected chi connectivity index (χ1v) is 8.44. The maximum Gasteiger partial charge on any atom is 0.321 e. The van der Waals surface area contributed by atoms with Crippen LogP contribution in [0.25, 0.3) is 0 Å². The van der Waals surface area contributed by atoms with E-state index in [1.807, 2.05) is 0 Å². The van der Waals surface area contributed by atoms with Crippen LogP contribution in [0, 0.1) is 5.82 Å². The van der Waals surface area contributed by atoms with E-state index < -0.39 is 24.3 Å². The van der Waals surface area contributed by atoms with Gasteiger partial charge < -0.3 is 20.3 Å². The van der Waals surface area contributed by atoms with E-state index >= 15 is 0 Å². The summed E-state index contributed by atoms with van der Waals surface area (Å²) in [5.74, 6) is -0.336. The topological polar surface area (TPSA) is 117 Å². The fourth-order valence-corrected chi connectivity index (χ4v) is 3.18. The van der Waals surface area contributed by atoms with Crippen LogP contribution in [-0.2, 0) is 11.3 Å². The van der Waals surface area contributed by atoms with Crippen molar-refractivity contribution in [1.29, 1.82) is 0 Å². The zero-order chi connectivity index (χ0) is 17.8. The molecule has 2 amide bonds. The molecule has 8 nitrogen and oxygen atoms in total. The third-order valence-electron chi connectivity index (χ3n) is 3.71. The predicted molar refractivity (Wildman–Crippen MR) is 87.5 cm³/mol. The molecule has 0 bridgehead atoms. The smallest absolute Gasteiger partial charge is 0.321 e. The summed E-state index contributed by atoms with van der Waals surface area (Å²) in [4.78, 5) is 11.9. The quantitative estimate of drug-likeness (QED) is 0.630. The van der Waals surface area contributed by atoms with E-state index in [9.17, 15) is 14.3 Å². The van der Waals surface area contributed by atoms with Crippen LogP contribution in [0.3, 0.4) is 0 Å². The number of aliphatic hydroxyl groups is 2. The van der Waals surface area contributed by atoms with Crippen molar-refractivity contribution in [3.63, 3.8) is 0 Å². The second-order valence-electron chi connectivity index (χ2n) is 5.53. The Hall–Kier alpha value is -2.14. The van der Waals surface area contributed by atoms with E-state index in [-0.39, 0.29) is 24.1 Å². The Morgan fingerprint density at radius 1 is 1.36 bits per heavy atom. The molecule has 1 aromatic carbocycles. The molecule has 1 aliphatic rings. The van der Waals surface area contributed by atoms with Gasteiger partial charge in [0, 0.05) is 13.0 Å². The van der Waals surface area contributed by atoms with E-state index in [2.05, 4.69) is 20.8 Å². The normalized spacial score (nSPS) is 22.8. The second-order valence-corrected chi connectivity index (χ2v) is 6.54. The maximum atomic E-state index is 12.8. The molecule has 134 valence electrons. The van der Waals surface area contributed by atoms with Gasteiger partial charge in [0.15, 0.2) is 0 Å². The highest BCUT2D eigenvalue weighted by molar-refractivity contribution is 7.15. The van der Waals surface area contributed by atoms with E-state index in [4.69, 9.17) is 9.84 Å². The molecule has 25 heavy (non-hydrogen) atoms. The van der Waals surface area contributed by atoms with Crippen LogP contribution < -0.4 is 10.6 Å². The highest BCUT2D eigenvalue weighted by Crippen LogP contribution is 2.35. The van der Waals surface area contributed by atoms with Crippen LogP contribution in [0.2, 0.25) is 0 Å². The molecule has 1 aromatic heterocycles. The molecule has 1 aliphatic heterocycles. The number of hydrogen-bond acceptors (Lipinski definition) is 7. The number of aliphatic hydroxyl groups excluding tert-OH is 2. The van der Waals surface area contributed by atoms with Gasteiger partial charge in [-0.25, -0.2) is 9.18 Å². The molecule has 0 radical (unpaired) electrons. The summed E-state index contributed by atoms with van der Waals surface area (Å²) in [7, 11) is 0. The summed E-state index contributed by atoms with van der Waals surface area (Å²) in [6.07, 6.45) is -1.53. The molecule has 0 saturated carbocycles. The number of nitrogens with one attached hydrogen (secondary N) is 2. The number of urea groups is 1. The maximum absolute atomic E-state index is 12.8. The lowest BCUT2D eigenvalue weighted by Crippen LogP contribution is -2.28. The van der Waals surface area contributed by atoms with Crippen LogP contribution in [0.4, 0.5) is 14.3 Å². The van der Waals surface area contributed by atoms with Gasteiger partial charge in [-0.1, -0.05) is 23.5 Å². The lowest BCUT2D eigenvalue weighted by atomic mass is 10.1. The SMILES string of the molecule is O=C(NCc1ccc(F)cc1)Nc1nnc([C@@H]2C[C@H](O)[C@@H](CO)O2)s1. The van der Waals surface area contributed by atoms with Crippen molar-refractivity contribution in [2.24, 2.45) is 0 Å². The number of amides is 2. The summed E-state index contributed by atoms with van der Waals surface area (Å²) < 4.78 is 18.3. The number of hydrogen-bond donors (Lipinski definition) is 4. The molecule has 0 aliphatic carbocycles. The molecule has 0 spiro atoms. The molecule has 1 fully saturated rings. The van der Waals surface area contributed by atoms with Crippen LogP contribution in [-0.4, -0.2) is 45.3 Å². The number of carbonyl (C=O) groups is 1. The van der Waals surface area contributed by atoms with E-state index in [0.29, 0.717) is 11.4 Å². The Morgan fingerprint density at radius 2 is 2.12 bits per heavy atom. The molecule has 0 unspecified atom stereocenters. The first-order valence-electron chi connectivity index (χ1n) is 7.62. The minimum absolute atomic E-state index is 0.244. The number of benzene rings is 1. The Labute approximate surface area is 146 Å². The molecular formula is C15H17FN4O4S. The highest BCUT2D eigenvalue weighted by Gasteiger charge is 2.36. The van der Waals surface area contributed by atoms with Crippen molar-refractivity contribution in [2.45, 2.75) is 31.3 Å². The Morgan fingerprint density at radius 3 is 2.80 bits per heavy atom. The number of nitrogens with zero attached hydrogens (tertiary/aromatic N) is 2. The van der Waals surface area contributed by atoms with Crippen molar-refractivity contribution < 1.29 is 24.1 Å². The van der Waals surface area contributed by atoms with Crippen molar-refractivity contribution >= 4 is 22.5 Å². The van der Waals surface area contributed by atoms with Gasteiger partial charge >= 0.3 is 6.03 Å². The summed E-state index contributed by atoms with van der Waals surface area (Å²) >= 11 is 1.14. The molecule has 2 heterocycles. The van der Waals surface area contributed by atoms with Gasteiger partial charge in [-0.05, 0) is 17.7 Å². The highest BCUT2D eigenvalue weighted by atomic mass is 32.1. The third kappa shape index (κ3) is 4.48. The zero-order valence-corrected chi connectivity index (χ0v) is 13.9. The predicted octanol–water partition coefficient (Wildman–Crippen LogP) is 1.18. The zero-order valence-electron chi connectivity index (χ0n) is 13.1. The number of anilines is 1. The van der Waals surface area contributed by atoms with Gasteiger partial charge in [0.1, 0.15) is 23.0 Å². The van der Waals surface area contributed by atoms with Gasteiger partial charge in [0.2, 0.25) is 5.13 Å². The average molecular weight is 368 g/mol. The van der Waals surface area contributed by atoms with Crippen LogP contribution in [0.5, 0.6) is 0 Å². The van der Waals surface area contributed by atoms with E-state index in [1.54, 1.807) is 12.1 Å². The van der Waals surface area contributed by atoms with Gasteiger partial charge in [-0.2, -0.15) is 0 Å². The summed E-state index contributed by atoms with van der Waals surface area (Å²) in [5.41, 5.74) is 0.762. The largest absolute Gasteiger partial charge is 0.394 e. The van der Waals surface area contributed by atoms with Crippen LogP contribution in [0.15, 0.2) is 24.3 Å². The fourth-order valence-electron chi connectivity index (χ4n) is 2.39. The van der Waals surface area contributed by atoms with Gasteiger partial charge in [0.25, 0.3) is 0 Å². The third-order valence-corrected chi connectivity index (χ3v) is 4.64. The summed E-state index contributed by atoms with van der Waals surface area (Å²) in [6, 6.07) is 5.34. The van der Waals surface area contributed by atoms with Crippen LogP contribution in [0.1, 0.15) is 23.1 Å². The fraction of sp³-hybridized carbons (Fsp3) is 0.400.